The van der Waals surface area contributed by atoms with Gasteiger partial charge in [-0.15, -0.1) is 0 Å². The van der Waals surface area contributed by atoms with Gasteiger partial charge in [0.1, 0.15) is 0 Å². The number of nitrogens with zero attached hydrogens (tertiary/aromatic N) is 1. The Labute approximate surface area is 105 Å². The predicted molar refractivity (Wildman–Crippen MR) is 68.2 cm³/mol. The van der Waals surface area contributed by atoms with Crippen LogP contribution in [0.15, 0.2) is 0 Å². The van der Waals surface area contributed by atoms with E-state index in [-0.39, 0.29) is 6.10 Å². The first-order valence-corrected chi connectivity index (χ1v) is 6.83. The lowest BCUT2D eigenvalue weighted by atomic mass is 10.2. The number of hydrogen-bond acceptors (Lipinski definition) is 4. The maximum absolute atomic E-state index is 9.95. The summed E-state index contributed by atoms with van der Waals surface area (Å²) >= 11 is 0. The molecule has 0 radical (unpaired) electrons. The average molecular weight is 245 g/mol. The summed E-state index contributed by atoms with van der Waals surface area (Å²) in [6.07, 6.45) is 2.20. The van der Waals surface area contributed by atoms with Crippen LogP contribution in [-0.2, 0) is 9.47 Å². The van der Waals surface area contributed by atoms with Gasteiger partial charge in [-0.1, -0.05) is 0 Å². The fourth-order valence-electron chi connectivity index (χ4n) is 1.86. The Bertz CT molecular complexity index is 176. The van der Waals surface area contributed by atoms with Gasteiger partial charge in [0.05, 0.1) is 19.3 Å². The van der Waals surface area contributed by atoms with Crippen molar-refractivity contribution >= 4 is 0 Å². The van der Waals surface area contributed by atoms with Crippen molar-refractivity contribution in [2.75, 3.05) is 46.1 Å². The van der Waals surface area contributed by atoms with Gasteiger partial charge >= 0.3 is 0 Å². The number of rotatable bonds is 11. The summed E-state index contributed by atoms with van der Waals surface area (Å²) in [5.41, 5.74) is 0. The lowest BCUT2D eigenvalue weighted by molar-refractivity contribution is 0.0470. The smallest absolute Gasteiger partial charge is 0.0695 e. The monoisotopic (exact) mass is 245 g/mol. The van der Waals surface area contributed by atoms with Crippen molar-refractivity contribution < 1.29 is 14.6 Å². The highest BCUT2D eigenvalue weighted by Gasteiger charge is 2.30. The molecule has 0 saturated heterocycles. The molecule has 1 aliphatic carbocycles. The highest BCUT2D eigenvalue weighted by atomic mass is 16.5. The van der Waals surface area contributed by atoms with Gasteiger partial charge in [0.25, 0.3) is 0 Å². The molecule has 1 rings (SSSR count). The van der Waals surface area contributed by atoms with Crippen molar-refractivity contribution in [1.29, 1.82) is 0 Å². The van der Waals surface area contributed by atoms with Crippen molar-refractivity contribution in [1.82, 2.24) is 4.90 Å². The molecule has 1 fully saturated rings. The van der Waals surface area contributed by atoms with E-state index in [1.54, 1.807) is 0 Å². The first-order chi connectivity index (χ1) is 8.27. The minimum Gasteiger partial charge on any atom is -0.392 e. The number of aliphatic hydroxyl groups is 1. The largest absolute Gasteiger partial charge is 0.392 e. The number of ether oxygens (including phenoxy) is 2. The zero-order chi connectivity index (χ0) is 12.5. The Morgan fingerprint density at radius 2 is 1.65 bits per heavy atom. The van der Waals surface area contributed by atoms with E-state index in [2.05, 4.69) is 4.90 Å². The fourth-order valence-corrected chi connectivity index (χ4v) is 1.86. The Kier molecular flexibility index (Phi) is 7.77. The second-order valence-electron chi connectivity index (χ2n) is 4.60. The van der Waals surface area contributed by atoms with Crippen molar-refractivity contribution in [3.8, 4) is 0 Å². The van der Waals surface area contributed by atoms with E-state index in [1.807, 2.05) is 13.8 Å². The SMILES string of the molecule is CCOCCN(CCOCC)CC(O)C1CC1. The molecule has 0 aromatic rings. The van der Waals surface area contributed by atoms with Gasteiger partial charge in [-0.3, -0.25) is 4.90 Å². The van der Waals surface area contributed by atoms with Crippen LogP contribution in [0, 0.1) is 5.92 Å². The topological polar surface area (TPSA) is 41.9 Å². The van der Waals surface area contributed by atoms with Crippen LogP contribution in [0.3, 0.4) is 0 Å². The summed E-state index contributed by atoms with van der Waals surface area (Å²) < 4.78 is 10.7. The van der Waals surface area contributed by atoms with Crippen LogP contribution in [-0.4, -0.2) is 62.2 Å². The highest BCUT2D eigenvalue weighted by Crippen LogP contribution is 2.32. The van der Waals surface area contributed by atoms with Gasteiger partial charge in [-0.2, -0.15) is 0 Å². The van der Waals surface area contributed by atoms with Crippen molar-refractivity contribution in [3.05, 3.63) is 0 Å². The molecule has 0 aliphatic heterocycles. The standard InChI is InChI=1S/C13H27NO3/c1-3-16-9-7-14(8-10-17-4-2)11-13(15)12-5-6-12/h12-13,15H,3-11H2,1-2H3. The third-order valence-corrected chi connectivity index (χ3v) is 3.12. The van der Waals surface area contributed by atoms with Crippen LogP contribution >= 0.6 is 0 Å². The average Bonchev–Trinajstić information content (AvgIpc) is 3.13. The Balaban J connectivity index is 2.18. The molecular weight excluding hydrogens is 218 g/mol. The number of aliphatic hydroxyl groups excluding tert-OH is 1. The molecule has 4 heteroatoms. The molecule has 17 heavy (non-hydrogen) atoms. The summed E-state index contributed by atoms with van der Waals surface area (Å²) in [4.78, 5) is 2.24. The molecule has 0 bridgehead atoms. The van der Waals surface area contributed by atoms with Crippen LogP contribution in [0.25, 0.3) is 0 Å². The molecule has 0 amide bonds. The molecule has 1 aliphatic rings. The zero-order valence-corrected chi connectivity index (χ0v) is 11.2. The second kappa shape index (κ2) is 8.86. The van der Waals surface area contributed by atoms with Gasteiger partial charge in [-0.25, -0.2) is 0 Å². The third kappa shape index (κ3) is 6.99. The second-order valence-corrected chi connectivity index (χ2v) is 4.60. The van der Waals surface area contributed by atoms with E-state index < -0.39 is 0 Å². The third-order valence-electron chi connectivity index (χ3n) is 3.12. The molecule has 1 saturated carbocycles. The van der Waals surface area contributed by atoms with E-state index in [0.29, 0.717) is 5.92 Å². The van der Waals surface area contributed by atoms with Crippen LogP contribution in [0.1, 0.15) is 26.7 Å². The van der Waals surface area contributed by atoms with Crippen molar-refractivity contribution in [2.24, 2.45) is 5.92 Å². The zero-order valence-electron chi connectivity index (χ0n) is 11.2. The van der Waals surface area contributed by atoms with E-state index in [4.69, 9.17) is 9.47 Å². The molecule has 1 N–H and O–H groups in total. The first-order valence-electron chi connectivity index (χ1n) is 6.83. The first kappa shape index (κ1) is 14.9. The summed E-state index contributed by atoms with van der Waals surface area (Å²) in [6, 6.07) is 0. The van der Waals surface area contributed by atoms with E-state index in [1.165, 1.54) is 12.8 Å². The minimum absolute atomic E-state index is 0.168. The van der Waals surface area contributed by atoms with Crippen molar-refractivity contribution in [2.45, 2.75) is 32.8 Å². The quantitative estimate of drug-likeness (QED) is 0.554. The van der Waals surface area contributed by atoms with Crippen LogP contribution in [0.4, 0.5) is 0 Å². The minimum atomic E-state index is -0.168. The van der Waals surface area contributed by atoms with Crippen molar-refractivity contribution in [3.63, 3.8) is 0 Å². The van der Waals surface area contributed by atoms with Gasteiger partial charge in [0, 0.05) is 32.8 Å². The molecule has 0 heterocycles. The van der Waals surface area contributed by atoms with Gasteiger partial charge in [0.2, 0.25) is 0 Å². The summed E-state index contributed by atoms with van der Waals surface area (Å²) in [5.74, 6) is 0.539. The highest BCUT2D eigenvalue weighted by molar-refractivity contribution is 4.82. The Morgan fingerprint density at radius 3 is 2.06 bits per heavy atom. The molecule has 0 aromatic carbocycles. The maximum atomic E-state index is 9.95. The molecule has 102 valence electrons. The molecule has 1 atom stereocenters. The summed E-state index contributed by atoms with van der Waals surface area (Å²) in [7, 11) is 0. The lowest BCUT2D eigenvalue weighted by Crippen LogP contribution is -2.38. The van der Waals surface area contributed by atoms with Gasteiger partial charge < -0.3 is 14.6 Å². The van der Waals surface area contributed by atoms with E-state index in [9.17, 15) is 5.11 Å². The Morgan fingerprint density at radius 1 is 1.12 bits per heavy atom. The molecular formula is C13H27NO3. The normalized spacial score (nSPS) is 17.6. The molecule has 0 spiro atoms. The Hall–Kier alpha value is -0.160. The van der Waals surface area contributed by atoms with Crippen LogP contribution in [0.2, 0.25) is 0 Å². The fraction of sp³-hybridized carbons (Fsp3) is 1.00. The number of hydrogen-bond donors (Lipinski definition) is 1. The van der Waals surface area contributed by atoms with Gasteiger partial charge in [-0.05, 0) is 32.6 Å². The summed E-state index contributed by atoms with van der Waals surface area (Å²) in [6.45, 7) is 9.50. The van der Waals surface area contributed by atoms with E-state index in [0.717, 1.165) is 46.1 Å². The molecule has 0 aromatic heterocycles. The molecule has 1 unspecified atom stereocenters. The van der Waals surface area contributed by atoms with Crippen LogP contribution in [0.5, 0.6) is 0 Å². The van der Waals surface area contributed by atoms with Crippen LogP contribution < -0.4 is 0 Å². The summed E-state index contributed by atoms with van der Waals surface area (Å²) in [5, 5.41) is 9.95. The predicted octanol–water partition coefficient (Wildman–Crippen LogP) is 1.13. The maximum Gasteiger partial charge on any atom is 0.0695 e. The lowest BCUT2D eigenvalue weighted by Gasteiger charge is -2.24. The van der Waals surface area contributed by atoms with Gasteiger partial charge in [0.15, 0.2) is 0 Å². The molecule has 4 nitrogen and oxygen atoms in total. The van der Waals surface area contributed by atoms with E-state index >= 15 is 0 Å².